The number of hydrogen-bond acceptors (Lipinski definition) is 7. The van der Waals surface area contributed by atoms with Gasteiger partial charge >= 0.3 is 0 Å². The predicted molar refractivity (Wildman–Crippen MR) is 180 cm³/mol. The first-order chi connectivity index (χ1) is 22.4. The average Bonchev–Trinajstić information content (AvgIpc) is 3.55. The van der Waals surface area contributed by atoms with Gasteiger partial charge in [0.1, 0.15) is 11.6 Å². The molecule has 1 aliphatic carbocycles. The molecular formula is C34H26FN7O2S2. The number of imidazole rings is 1. The van der Waals surface area contributed by atoms with Crippen LogP contribution in [-0.2, 0) is 4.79 Å². The van der Waals surface area contributed by atoms with Crippen LogP contribution in [-0.4, -0.2) is 41.7 Å². The summed E-state index contributed by atoms with van der Waals surface area (Å²) in [5, 5.41) is 15.1. The molecule has 1 saturated carbocycles. The molecule has 0 atom stereocenters. The lowest BCUT2D eigenvalue weighted by Gasteiger charge is -2.14. The van der Waals surface area contributed by atoms with Crippen molar-refractivity contribution >= 4 is 72.5 Å². The van der Waals surface area contributed by atoms with Crippen LogP contribution in [0.3, 0.4) is 0 Å². The van der Waals surface area contributed by atoms with E-state index in [9.17, 15) is 14.0 Å². The number of nitrogens with one attached hydrogen (secondary N) is 2. The summed E-state index contributed by atoms with van der Waals surface area (Å²) < 4.78 is 19.2. The van der Waals surface area contributed by atoms with Gasteiger partial charge in [-0.15, -0.1) is 10.2 Å². The minimum Gasteiger partial charge on any atom is -0.325 e. The third-order valence-electron chi connectivity index (χ3n) is 8.06. The number of hydrogen-bond donors (Lipinski definition) is 2. The quantitative estimate of drug-likeness (QED) is 0.164. The standard InChI is InChI=1S/C34H26FN7O2S2/c1-19-24(31-37-26-17-21(35)11-16-27(26)41(31)23-14-15-23)5-4-6-25(19)38-32(44)20-9-12-22(13-10-20)36-30(43)18-45-33-39-40-34-42(33)28-7-2-3-8-29(28)46-34/h2-13,16-17,23H,14-15,18H2,1H3,(H,36,43)(H,38,44). The highest BCUT2D eigenvalue weighted by Crippen LogP contribution is 2.42. The van der Waals surface area contributed by atoms with Gasteiger partial charge in [0.25, 0.3) is 5.91 Å². The molecule has 3 heterocycles. The summed E-state index contributed by atoms with van der Waals surface area (Å²) in [5.74, 6) is 0.150. The number of nitrogens with zero attached hydrogens (tertiary/aromatic N) is 5. The minimum absolute atomic E-state index is 0.159. The monoisotopic (exact) mass is 647 g/mol. The van der Waals surface area contributed by atoms with Gasteiger partial charge in [-0.1, -0.05) is 47.4 Å². The summed E-state index contributed by atoms with van der Waals surface area (Å²) in [6.45, 7) is 1.95. The summed E-state index contributed by atoms with van der Waals surface area (Å²) >= 11 is 2.87. The van der Waals surface area contributed by atoms with Gasteiger partial charge in [-0.3, -0.25) is 14.0 Å². The summed E-state index contributed by atoms with van der Waals surface area (Å²) in [4.78, 5) is 31.6. The number of aromatic nitrogens is 5. The first kappa shape index (κ1) is 28.4. The second-order valence-corrected chi connectivity index (χ2v) is 13.1. The molecule has 0 radical (unpaired) electrons. The molecule has 9 nitrogen and oxygen atoms in total. The molecule has 1 aliphatic rings. The summed E-state index contributed by atoms with van der Waals surface area (Å²) in [6, 6.07) is 25.5. The zero-order chi connectivity index (χ0) is 31.4. The lowest BCUT2D eigenvalue weighted by Crippen LogP contribution is -2.15. The summed E-state index contributed by atoms with van der Waals surface area (Å²) in [7, 11) is 0. The number of thioether (sulfide) groups is 1. The molecule has 0 unspecified atom stereocenters. The van der Waals surface area contributed by atoms with Gasteiger partial charge in [-0.25, -0.2) is 9.37 Å². The molecule has 46 heavy (non-hydrogen) atoms. The predicted octanol–water partition coefficient (Wildman–Crippen LogP) is 7.73. The van der Waals surface area contributed by atoms with E-state index in [4.69, 9.17) is 4.98 Å². The molecule has 8 rings (SSSR count). The highest BCUT2D eigenvalue weighted by Gasteiger charge is 2.29. The van der Waals surface area contributed by atoms with Crippen molar-refractivity contribution < 1.29 is 14.0 Å². The fourth-order valence-corrected chi connectivity index (χ4v) is 7.42. The van der Waals surface area contributed by atoms with E-state index < -0.39 is 0 Å². The van der Waals surface area contributed by atoms with Crippen molar-refractivity contribution in [2.45, 2.75) is 31.0 Å². The molecule has 3 aromatic heterocycles. The minimum atomic E-state index is -0.317. The Kier molecular flexibility index (Phi) is 7.03. The first-order valence-electron chi connectivity index (χ1n) is 14.8. The third kappa shape index (κ3) is 5.19. The maximum atomic E-state index is 14.0. The van der Waals surface area contributed by atoms with E-state index in [-0.39, 0.29) is 23.4 Å². The molecule has 0 spiro atoms. The Labute approximate surface area is 270 Å². The number of carbonyl (C=O) groups excluding carboxylic acids is 2. The highest BCUT2D eigenvalue weighted by atomic mass is 32.2. The third-order valence-corrected chi connectivity index (χ3v) is 10.0. The molecule has 228 valence electrons. The fourth-order valence-electron chi connectivity index (χ4n) is 5.65. The average molecular weight is 648 g/mol. The van der Waals surface area contributed by atoms with Gasteiger partial charge in [0.05, 0.1) is 27.0 Å². The molecule has 4 aromatic carbocycles. The van der Waals surface area contributed by atoms with Crippen molar-refractivity contribution in [2.24, 2.45) is 0 Å². The number of fused-ring (bicyclic) bond motifs is 4. The van der Waals surface area contributed by atoms with Gasteiger partial charge < -0.3 is 15.2 Å². The highest BCUT2D eigenvalue weighted by molar-refractivity contribution is 7.99. The Morgan fingerprint density at radius 2 is 1.78 bits per heavy atom. The zero-order valence-electron chi connectivity index (χ0n) is 24.5. The zero-order valence-corrected chi connectivity index (χ0v) is 26.2. The summed E-state index contributed by atoms with van der Waals surface area (Å²) in [6.07, 6.45) is 2.11. The Bertz CT molecular complexity index is 2300. The second kappa shape index (κ2) is 11.4. The topological polar surface area (TPSA) is 106 Å². The Morgan fingerprint density at radius 3 is 2.61 bits per heavy atom. The van der Waals surface area contributed by atoms with Crippen LogP contribution in [0.15, 0.2) is 90.1 Å². The van der Waals surface area contributed by atoms with E-state index in [2.05, 4.69) is 25.4 Å². The number of anilines is 2. The first-order valence-corrected chi connectivity index (χ1v) is 16.6. The van der Waals surface area contributed by atoms with Crippen LogP contribution in [0.4, 0.5) is 15.8 Å². The van der Waals surface area contributed by atoms with E-state index in [1.165, 1.54) is 23.9 Å². The number of rotatable bonds is 8. The lowest BCUT2D eigenvalue weighted by atomic mass is 10.1. The van der Waals surface area contributed by atoms with Crippen LogP contribution in [0.5, 0.6) is 0 Å². The fraction of sp³-hybridized carbons (Fsp3) is 0.147. The molecule has 7 aromatic rings. The molecule has 0 aliphatic heterocycles. The smallest absolute Gasteiger partial charge is 0.255 e. The molecule has 0 bridgehead atoms. The van der Waals surface area contributed by atoms with E-state index in [1.54, 1.807) is 41.7 Å². The van der Waals surface area contributed by atoms with Crippen LogP contribution in [0.1, 0.15) is 34.8 Å². The number of carbonyl (C=O) groups is 2. The molecular weight excluding hydrogens is 622 g/mol. The Hall–Kier alpha value is -5.07. The van der Waals surface area contributed by atoms with Gasteiger partial charge in [0.15, 0.2) is 5.16 Å². The molecule has 2 amide bonds. The van der Waals surface area contributed by atoms with Crippen LogP contribution >= 0.6 is 23.1 Å². The van der Waals surface area contributed by atoms with Crippen LogP contribution in [0.2, 0.25) is 0 Å². The molecule has 2 N–H and O–H groups in total. The van der Waals surface area contributed by atoms with Gasteiger partial charge in [-0.05, 0) is 79.9 Å². The van der Waals surface area contributed by atoms with E-state index >= 15 is 0 Å². The Balaban J connectivity index is 0.945. The normalized spacial score (nSPS) is 13.1. The Morgan fingerprint density at radius 1 is 0.957 bits per heavy atom. The second-order valence-electron chi connectivity index (χ2n) is 11.2. The number of amides is 2. The number of halogens is 1. The van der Waals surface area contributed by atoms with E-state index in [0.29, 0.717) is 33.7 Å². The summed E-state index contributed by atoms with van der Waals surface area (Å²) in [5.41, 5.74) is 6.00. The van der Waals surface area contributed by atoms with Crippen molar-refractivity contribution in [3.63, 3.8) is 0 Å². The molecule has 0 saturated heterocycles. The van der Waals surface area contributed by atoms with Gasteiger partial charge in [-0.2, -0.15) is 0 Å². The maximum Gasteiger partial charge on any atom is 0.255 e. The van der Waals surface area contributed by atoms with Gasteiger partial charge in [0.2, 0.25) is 10.9 Å². The largest absolute Gasteiger partial charge is 0.325 e. The molecule has 12 heteroatoms. The molecule has 1 fully saturated rings. The van der Waals surface area contributed by atoms with Crippen molar-refractivity contribution in [2.75, 3.05) is 16.4 Å². The lowest BCUT2D eigenvalue weighted by molar-refractivity contribution is -0.113. The van der Waals surface area contributed by atoms with Crippen molar-refractivity contribution in [3.8, 4) is 11.4 Å². The maximum absolute atomic E-state index is 14.0. The van der Waals surface area contributed by atoms with Crippen molar-refractivity contribution in [1.82, 2.24) is 24.1 Å². The van der Waals surface area contributed by atoms with Crippen LogP contribution < -0.4 is 10.6 Å². The van der Waals surface area contributed by atoms with Crippen LogP contribution in [0.25, 0.3) is 37.6 Å². The van der Waals surface area contributed by atoms with Crippen LogP contribution in [0, 0.1) is 12.7 Å². The number of para-hydroxylation sites is 1. The number of benzene rings is 4. The van der Waals surface area contributed by atoms with Crippen molar-refractivity contribution in [3.05, 3.63) is 102 Å². The number of thiazole rings is 1. The van der Waals surface area contributed by atoms with Gasteiger partial charge in [0, 0.05) is 34.6 Å². The van der Waals surface area contributed by atoms with E-state index in [1.807, 2.05) is 53.8 Å². The SMILES string of the molecule is Cc1c(NC(=O)c2ccc(NC(=O)CSc3nnc4sc5ccccc5n34)cc2)cccc1-c1nc2cc(F)ccc2n1C1CC1. The van der Waals surface area contributed by atoms with Crippen molar-refractivity contribution in [1.29, 1.82) is 0 Å². The van der Waals surface area contributed by atoms with E-state index in [0.717, 1.165) is 50.5 Å².